The van der Waals surface area contributed by atoms with Gasteiger partial charge in [-0.05, 0) is 44.2 Å². The molecule has 0 saturated heterocycles. The summed E-state index contributed by atoms with van der Waals surface area (Å²) >= 11 is 0. The Bertz CT molecular complexity index is 935. The van der Waals surface area contributed by atoms with E-state index in [1.54, 1.807) is 25.2 Å². The highest BCUT2D eigenvalue weighted by Gasteiger charge is 2.29. The number of rotatable bonds is 2. The Kier molecular flexibility index (Phi) is 3.64. The van der Waals surface area contributed by atoms with Gasteiger partial charge in [0.1, 0.15) is 11.4 Å². The second-order valence-corrected chi connectivity index (χ2v) is 6.27. The number of fused-ring (bicyclic) bond motifs is 1. The van der Waals surface area contributed by atoms with E-state index in [4.69, 9.17) is 4.74 Å². The lowest BCUT2D eigenvalue weighted by Gasteiger charge is -2.34. The van der Waals surface area contributed by atoms with Crippen molar-refractivity contribution in [3.05, 3.63) is 57.9 Å². The molecule has 6 heteroatoms. The molecule has 0 radical (unpaired) electrons. The third kappa shape index (κ3) is 2.76. The molecule has 0 bridgehead atoms. The van der Waals surface area contributed by atoms with Crippen LogP contribution in [0.1, 0.15) is 25.0 Å². The van der Waals surface area contributed by atoms with Gasteiger partial charge >= 0.3 is 0 Å². The fourth-order valence-corrected chi connectivity index (χ4v) is 2.68. The molecular weight excluding hydrogens is 304 g/mol. The van der Waals surface area contributed by atoms with Crippen LogP contribution >= 0.6 is 0 Å². The van der Waals surface area contributed by atoms with E-state index in [0.717, 1.165) is 11.3 Å². The van der Waals surface area contributed by atoms with Crippen LogP contribution in [0.2, 0.25) is 0 Å². The zero-order chi connectivity index (χ0) is 17.5. The maximum Gasteiger partial charge on any atom is 0.266 e. The monoisotopic (exact) mass is 322 g/mol. The van der Waals surface area contributed by atoms with Gasteiger partial charge in [0.05, 0.1) is 17.3 Å². The highest BCUT2D eigenvalue weighted by Crippen LogP contribution is 2.38. The number of nitrogens with zero attached hydrogens (tertiary/aromatic N) is 4. The summed E-state index contributed by atoms with van der Waals surface area (Å²) in [5.74, 6) is 1.35. The van der Waals surface area contributed by atoms with Gasteiger partial charge in [0.25, 0.3) is 5.56 Å². The second-order valence-electron chi connectivity index (χ2n) is 6.27. The quantitative estimate of drug-likeness (QED) is 0.848. The third-order valence-electron chi connectivity index (χ3n) is 3.89. The summed E-state index contributed by atoms with van der Waals surface area (Å²) in [4.78, 5) is 13.5. The van der Waals surface area contributed by atoms with E-state index in [1.807, 2.05) is 37.9 Å². The van der Waals surface area contributed by atoms with Gasteiger partial charge < -0.3 is 9.64 Å². The van der Waals surface area contributed by atoms with Gasteiger partial charge in [-0.2, -0.15) is 10.4 Å². The van der Waals surface area contributed by atoms with Crippen LogP contribution in [0, 0.1) is 11.3 Å². The Balaban J connectivity index is 2.14. The van der Waals surface area contributed by atoms with Crippen molar-refractivity contribution in [1.82, 2.24) is 9.78 Å². The molecule has 0 aliphatic carbocycles. The van der Waals surface area contributed by atoms with Crippen molar-refractivity contribution in [2.75, 3.05) is 11.9 Å². The summed E-state index contributed by atoms with van der Waals surface area (Å²) in [7, 11) is 3.49. The van der Waals surface area contributed by atoms with Crippen molar-refractivity contribution < 1.29 is 4.74 Å². The first-order valence-corrected chi connectivity index (χ1v) is 7.55. The van der Waals surface area contributed by atoms with Gasteiger partial charge in [-0.25, -0.2) is 4.68 Å². The van der Waals surface area contributed by atoms with Crippen molar-refractivity contribution in [1.29, 1.82) is 5.26 Å². The van der Waals surface area contributed by atoms with Crippen molar-refractivity contribution >= 4 is 11.5 Å². The number of hydrogen-bond donors (Lipinski definition) is 0. The molecule has 0 unspecified atom stereocenters. The van der Waals surface area contributed by atoms with E-state index >= 15 is 0 Å². The van der Waals surface area contributed by atoms with Crippen LogP contribution in [0.3, 0.4) is 0 Å². The number of nitriles is 1. The van der Waals surface area contributed by atoms with E-state index in [-0.39, 0.29) is 5.56 Å². The average molecular weight is 322 g/mol. The minimum Gasteiger partial charge on any atom is -0.483 e. The predicted molar refractivity (Wildman–Crippen MR) is 91.7 cm³/mol. The highest BCUT2D eigenvalue weighted by atomic mass is 16.5. The van der Waals surface area contributed by atoms with Gasteiger partial charge in [0, 0.05) is 25.7 Å². The van der Waals surface area contributed by atoms with E-state index < -0.39 is 5.60 Å². The molecule has 0 spiro atoms. The zero-order valence-corrected chi connectivity index (χ0v) is 14.1. The SMILES string of the molecule is CN(C1=CC(C)(C)Oc2ccc(C#N)cc21)c1ccc(=O)n(C)n1. The molecule has 3 rings (SSSR count). The van der Waals surface area contributed by atoms with Gasteiger partial charge in [-0.3, -0.25) is 4.79 Å². The molecule has 0 N–H and O–H groups in total. The van der Waals surface area contributed by atoms with Gasteiger partial charge in [0.2, 0.25) is 0 Å². The highest BCUT2D eigenvalue weighted by molar-refractivity contribution is 5.83. The van der Waals surface area contributed by atoms with Gasteiger partial charge in [0.15, 0.2) is 5.82 Å². The zero-order valence-electron chi connectivity index (χ0n) is 14.1. The van der Waals surface area contributed by atoms with E-state index in [9.17, 15) is 10.1 Å². The number of benzene rings is 1. The second kappa shape index (κ2) is 5.53. The Morgan fingerprint density at radius 3 is 2.71 bits per heavy atom. The Morgan fingerprint density at radius 2 is 2.04 bits per heavy atom. The largest absolute Gasteiger partial charge is 0.483 e. The molecule has 0 fully saturated rings. The number of hydrogen-bond acceptors (Lipinski definition) is 5. The van der Waals surface area contributed by atoms with Crippen LogP contribution in [-0.4, -0.2) is 22.4 Å². The van der Waals surface area contributed by atoms with Crippen molar-refractivity contribution in [3.63, 3.8) is 0 Å². The Labute approximate surface area is 140 Å². The van der Waals surface area contributed by atoms with E-state index in [2.05, 4.69) is 11.2 Å². The number of anilines is 1. The number of ether oxygens (including phenoxy) is 1. The molecule has 122 valence electrons. The summed E-state index contributed by atoms with van der Waals surface area (Å²) in [5.41, 5.74) is 1.60. The standard InChI is InChI=1S/C18H18N4O2/c1-18(2)10-14(13-9-12(11-19)5-6-15(13)24-18)21(3)16-7-8-17(23)22(4)20-16/h5-10H,1-4H3. The average Bonchev–Trinajstić information content (AvgIpc) is 2.55. The van der Waals surface area contributed by atoms with E-state index in [0.29, 0.717) is 17.1 Å². The maximum atomic E-state index is 11.6. The van der Waals surface area contributed by atoms with Crippen LogP contribution in [0.15, 0.2) is 41.2 Å². The Hall–Kier alpha value is -3.07. The minimum absolute atomic E-state index is 0.166. The molecule has 2 aromatic rings. The normalized spacial score (nSPS) is 14.9. The summed E-state index contributed by atoms with van der Waals surface area (Å²) in [6.45, 7) is 3.94. The van der Waals surface area contributed by atoms with Crippen LogP contribution in [0.4, 0.5) is 5.82 Å². The lowest BCUT2D eigenvalue weighted by atomic mass is 9.97. The fourth-order valence-electron chi connectivity index (χ4n) is 2.68. The maximum absolute atomic E-state index is 11.6. The molecule has 1 aliphatic rings. The minimum atomic E-state index is -0.495. The third-order valence-corrected chi connectivity index (χ3v) is 3.89. The molecule has 0 atom stereocenters. The lowest BCUT2D eigenvalue weighted by molar-refractivity contribution is 0.158. The van der Waals surface area contributed by atoms with Crippen molar-refractivity contribution in [2.24, 2.45) is 7.05 Å². The van der Waals surface area contributed by atoms with Crippen LogP contribution < -0.4 is 15.2 Å². The van der Waals surface area contributed by atoms with Crippen LogP contribution in [0.5, 0.6) is 5.75 Å². The topological polar surface area (TPSA) is 71.2 Å². The number of aryl methyl sites for hydroxylation is 1. The van der Waals surface area contributed by atoms with Crippen LogP contribution in [-0.2, 0) is 7.05 Å². The van der Waals surface area contributed by atoms with Crippen molar-refractivity contribution in [2.45, 2.75) is 19.4 Å². The molecule has 1 aliphatic heterocycles. The van der Waals surface area contributed by atoms with Crippen molar-refractivity contribution in [3.8, 4) is 11.8 Å². The summed E-state index contributed by atoms with van der Waals surface area (Å²) in [6, 6.07) is 10.7. The molecular formula is C18H18N4O2. The van der Waals surface area contributed by atoms with Crippen LogP contribution in [0.25, 0.3) is 5.70 Å². The Morgan fingerprint density at radius 1 is 1.29 bits per heavy atom. The molecule has 2 heterocycles. The first kappa shape index (κ1) is 15.8. The summed E-state index contributed by atoms with van der Waals surface area (Å²) in [5, 5.41) is 13.5. The first-order chi connectivity index (χ1) is 11.3. The predicted octanol–water partition coefficient (Wildman–Crippen LogP) is 2.30. The number of aromatic nitrogens is 2. The first-order valence-electron chi connectivity index (χ1n) is 7.55. The molecule has 24 heavy (non-hydrogen) atoms. The summed E-state index contributed by atoms with van der Waals surface area (Å²) < 4.78 is 7.28. The van der Waals surface area contributed by atoms with Gasteiger partial charge in [-0.1, -0.05) is 0 Å². The molecule has 0 amide bonds. The molecule has 1 aromatic carbocycles. The molecule has 0 saturated carbocycles. The smallest absolute Gasteiger partial charge is 0.266 e. The summed E-state index contributed by atoms with van der Waals surface area (Å²) in [6.07, 6.45) is 1.99. The fraction of sp³-hybridized carbons (Fsp3) is 0.278. The molecule has 1 aromatic heterocycles. The van der Waals surface area contributed by atoms with Gasteiger partial charge in [-0.15, -0.1) is 0 Å². The molecule has 6 nitrogen and oxygen atoms in total. The van der Waals surface area contributed by atoms with E-state index in [1.165, 1.54) is 10.7 Å². The lowest BCUT2D eigenvalue weighted by Crippen LogP contribution is -2.33.